The van der Waals surface area contributed by atoms with E-state index in [1.54, 1.807) is 0 Å². The lowest BCUT2D eigenvalue weighted by Crippen LogP contribution is -2.32. The van der Waals surface area contributed by atoms with Crippen LogP contribution in [0.5, 0.6) is 0 Å². The SMILES string of the molecule is c1ccc(-c2ccc[n+](CCCCCc3cc(CCCCC[n+]4cccc(-c5ccccc5)c4)cc(CCCCC[n+]4cccc(-c5ccccc5)c4)c3)c2)cc1. The molecule has 0 unspecified atom stereocenters. The van der Waals surface area contributed by atoms with Gasteiger partial charge in [0.25, 0.3) is 0 Å². The molecule has 0 aliphatic heterocycles. The number of aromatic nitrogens is 3. The van der Waals surface area contributed by atoms with Crippen molar-refractivity contribution in [3.05, 3.63) is 199 Å². The number of unbranched alkanes of at least 4 members (excludes halogenated alkanes) is 6. The number of hydrogen-bond acceptors (Lipinski definition) is 0. The Morgan fingerprint density at radius 3 is 0.842 bits per heavy atom. The molecule has 7 aromatic rings. The van der Waals surface area contributed by atoms with Crippen LogP contribution in [0, 0.1) is 0 Å². The van der Waals surface area contributed by atoms with Crippen LogP contribution in [0.4, 0.5) is 0 Å². The van der Waals surface area contributed by atoms with Gasteiger partial charge in [-0.2, -0.15) is 0 Å². The maximum atomic E-state index is 2.52. The van der Waals surface area contributed by atoms with E-state index >= 15 is 0 Å². The largest absolute Gasteiger partial charge is 0.205 e. The third-order valence-electron chi connectivity index (χ3n) is 11.2. The van der Waals surface area contributed by atoms with Crippen molar-refractivity contribution in [2.45, 2.75) is 96.7 Å². The van der Waals surface area contributed by atoms with E-state index < -0.39 is 0 Å². The molecule has 3 heteroatoms. The number of benzene rings is 4. The quantitative estimate of drug-likeness (QED) is 0.0512. The van der Waals surface area contributed by atoms with Crippen LogP contribution < -0.4 is 13.7 Å². The highest BCUT2D eigenvalue weighted by atomic mass is 14.9. The van der Waals surface area contributed by atoms with Gasteiger partial charge in [0.05, 0.1) is 0 Å². The summed E-state index contributed by atoms with van der Waals surface area (Å²) in [6.45, 7) is 3.20. The van der Waals surface area contributed by atoms with Gasteiger partial charge < -0.3 is 0 Å². The smallest absolute Gasteiger partial charge is 0.176 e. The van der Waals surface area contributed by atoms with Gasteiger partial charge in [-0.25, -0.2) is 13.7 Å². The summed E-state index contributed by atoms with van der Waals surface area (Å²) in [4.78, 5) is 0. The van der Waals surface area contributed by atoms with Gasteiger partial charge in [-0.05, 0) is 109 Å². The van der Waals surface area contributed by atoms with Crippen LogP contribution in [0.15, 0.2) is 183 Å². The number of pyridine rings is 3. The van der Waals surface area contributed by atoms with E-state index in [1.165, 1.54) is 127 Å². The first-order valence-electron chi connectivity index (χ1n) is 21.5. The molecule has 0 saturated heterocycles. The highest BCUT2D eigenvalue weighted by molar-refractivity contribution is 5.62. The van der Waals surface area contributed by atoms with Gasteiger partial charge in [-0.1, -0.05) is 109 Å². The second kappa shape index (κ2) is 21.6. The van der Waals surface area contributed by atoms with Crippen molar-refractivity contribution in [1.82, 2.24) is 0 Å². The minimum Gasteiger partial charge on any atom is -0.205 e. The summed E-state index contributed by atoms with van der Waals surface area (Å²) in [6, 6.07) is 52.9. The van der Waals surface area contributed by atoms with Crippen molar-refractivity contribution in [3.8, 4) is 33.4 Å². The van der Waals surface area contributed by atoms with E-state index in [9.17, 15) is 0 Å². The number of aryl methyl sites for hydroxylation is 6. The molecule has 4 aromatic carbocycles. The molecule has 0 aliphatic rings. The zero-order valence-corrected chi connectivity index (χ0v) is 33.8. The molecular formula is C54H60N3+3. The van der Waals surface area contributed by atoms with Gasteiger partial charge in [-0.15, -0.1) is 0 Å². The molecule has 57 heavy (non-hydrogen) atoms. The van der Waals surface area contributed by atoms with Crippen molar-refractivity contribution in [2.24, 2.45) is 0 Å². The second-order valence-electron chi connectivity index (χ2n) is 15.7. The topological polar surface area (TPSA) is 11.6 Å². The molecule has 0 radical (unpaired) electrons. The molecule has 3 aromatic heterocycles. The summed E-state index contributed by atoms with van der Waals surface area (Å²) >= 11 is 0. The molecule has 288 valence electrons. The van der Waals surface area contributed by atoms with Gasteiger partial charge in [0.15, 0.2) is 37.2 Å². The average molecular weight is 751 g/mol. The van der Waals surface area contributed by atoms with E-state index in [0.29, 0.717) is 0 Å². The second-order valence-corrected chi connectivity index (χ2v) is 15.7. The summed E-state index contributed by atoms with van der Waals surface area (Å²) < 4.78 is 7.08. The molecule has 0 spiro atoms. The Balaban J connectivity index is 0.900. The molecule has 0 bridgehead atoms. The van der Waals surface area contributed by atoms with Crippen molar-refractivity contribution in [2.75, 3.05) is 0 Å². The van der Waals surface area contributed by atoms with Crippen LogP contribution in [-0.2, 0) is 38.9 Å². The molecule has 0 aliphatic carbocycles. The fourth-order valence-electron chi connectivity index (χ4n) is 8.06. The lowest BCUT2D eigenvalue weighted by Gasteiger charge is -2.11. The number of rotatable bonds is 21. The highest BCUT2D eigenvalue weighted by Crippen LogP contribution is 2.21. The van der Waals surface area contributed by atoms with E-state index in [-0.39, 0.29) is 0 Å². The first-order valence-corrected chi connectivity index (χ1v) is 21.5. The predicted octanol–water partition coefficient (Wildman–Crippen LogP) is 11.8. The summed E-state index contributed by atoms with van der Waals surface area (Å²) in [5, 5.41) is 0. The Labute approximate surface area is 342 Å². The molecule has 3 heterocycles. The predicted molar refractivity (Wildman–Crippen MR) is 235 cm³/mol. The normalized spacial score (nSPS) is 11.2. The minimum absolute atomic E-state index is 1.07. The molecule has 0 saturated carbocycles. The molecule has 0 N–H and O–H groups in total. The van der Waals surface area contributed by atoms with Crippen LogP contribution in [-0.4, -0.2) is 0 Å². The van der Waals surface area contributed by atoms with Crippen LogP contribution in [0.1, 0.15) is 74.5 Å². The first-order chi connectivity index (χ1) is 28.2. The van der Waals surface area contributed by atoms with Crippen molar-refractivity contribution in [3.63, 3.8) is 0 Å². The van der Waals surface area contributed by atoms with Gasteiger partial charge in [0.2, 0.25) is 0 Å². The van der Waals surface area contributed by atoms with Crippen molar-refractivity contribution >= 4 is 0 Å². The number of hydrogen-bond donors (Lipinski definition) is 0. The molecule has 7 rings (SSSR count). The van der Waals surface area contributed by atoms with Crippen molar-refractivity contribution < 1.29 is 13.7 Å². The van der Waals surface area contributed by atoms with E-state index in [1.807, 2.05) is 0 Å². The Kier molecular flexibility index (Phi) is 15.0. The lowest BCUT2D eigenvalue weighted by atomic mass is 9.95. The summed E-state index contributed by atoms with van der Waals surface area (Å²) in [7, 11) is 0. The molecule has 0 atom stereocenters. The van der Waals surface area contributed by atoms with Gasteiger partial charge in [0.1, 0.15) is 19.6 Å². The standard InChI is InChI=1S/C54H60N3/c1-10-25-49(26-11-1)52-31-19-37-55(43-52)34-16-4-7-22-46-40-47(23-8-5-17-35-56-38-20-32-53(44-56)50-27-12-2-13-28-50)42-48(41-46)24-9-6-18-36-57-39-21-33-54(45-57)51-29-14-3-15-30-51/h1-3,10-15,19-21,25-33,37-45H,4-9,16-18,22-24,34-36H2/q+3. The summed E-state index contributed by atoms with van der Waals surface area (Å²) in [5.41, 5.74) is 12.3. The van der Waals surface area contributed by atoms with Crippen LogP contribution in [0.3, 0.4) is 0 Å². The maximum absolute atomic E-state index is 2.52. The first kappa shape index (κ1) is 39.6. The zero-order valence-electron chi connectivity index (χ0n) is 33.8. The van der Waals surface area contributed by atoms with Gasteiger partial charge >= 0.3 is 0 Å². The van der Waals surface area contributed by atoms with E-state index in [2.05, 4.69) is 196 Å². The van der Waals surface area contributed by atoms with Gasteiger partial charge in [-0.3, -0.25) is 0 Å². The fourth-order valence-corrected chi connectivity index (χ4v) is 8.06. The fraction of sp³-hybridized carbons (Fsp3) is 0.278. The van der Waals surface area contributed by atoms with Crippen LogP contribution in [0.25, 0.3) is 33.4 Å². The third kappa shape index (κ3) is 12.7. The monoisotopic (exact) mass is 750 g/mol. The summed E-state index contributed by atoms with van der Waals surface area (Å²) in [5.74, 6) is 0. The van der Waals surface area contributed by atoms with Gasteiger partial charge in [0, 0.05) is 54.2 Å². The van der Waals surface area contributed by atoms with Crippen molar-refractivity contribution in [1.29, 1.82) is 0 Å². The maximum Gasteiger partial charge on any atom is 0.176 e. The molecule has 0 fully saturated rings. The minimum atomic E-state index is 1.07. The Hall–Kier alpha value is -5.67. The molecule has 3 nitrogen and oxygen atoms in total. The lowest BCUT2D eigenvalue weighted by molar-refractivity contribution is -0.697. The Bertz CT molecular complexity index is 1960. The third-order valence-corrected chi connectivity index (χ3v) is 11.2. The summed E-state index contributed by atoms with van der Waals surface area (Å²) in [6.07, 6.45) is 28.1. The zero-order chi connectivity index (χ0) is 38.7. The van der Waals surface area contributed by atoms with Crippen LogP contribution in [0.2, 0.25) is 0 Å². The highest BCUT2D eigenvalue weighted by Gasteiger charge is 2.09. The number of nitrogens with zero attached hydrogens (tertiary/aromatic N) is 3. The molecular weight excluding hydrogens is 691 g/mol. The van der Waals surface area contributed by atoms with E-state index in [0.717, 1.165) is 19.6 Å². The Morgan fingerprint density at radius 1 is 0.263 bits per heavy atom. The average Bonchev–Trinajstić information content (AvgIpc) is 3.27. The van der Waals surface area contributed by atoms with E-state index in [4.69, 9.17) is 0 Å². The Morgan fingerprint density at radius 2 is 0.544 bits per heavy atom. The van der Waals surface area contributed by atoms with Crippen LogP contribution >= 0.6 is 0 Å². The molecule has 0 amide bonds.